The van der Waals surface area contributed by atoms with Crippen LogP contribution in [0.2, 0.25) is 0 Å². The number of rotatable bonds is 9. The standard InChI is InChI=1S/C88H54N4O2/c1-3-22-62(23-4-1)91-78-29-14-13-28-71(78)73-45-40-67(54-81(73)91)90(64-38-33-55-17-7-8-20-58(55)50-64)79-31-16-32-84-87(79)75-44-36-61-49-59(34-42-70(61)88(75)94-84)60-35-43-72-74-46-39-66(53-82(74)92(80(72)51-60)63-24-5-2-6-25-63)89(77-30-15-21-56-18-9-11-26-68(56)77)65-41-48-83-76(52-65)86-69-27-12-10-19-57(69)37-47-85(86)93-83/h1-54H. The van der Waals surface area contributed by atoms with E-state index in [4.69, 9.17) is 8.83 Å². The van der Waals surface area contributed by atoms with Gasteiger partial charge in [0.15, 0.2) is 0 Å². The van der Waals surface area contributed by atoms with Gasteiger partial charge in [-0.15, -0.1) is 0 Å². The topological polar surface area (TPSA) is 42.6 Å². The number of hydrogen-bond donors (Lipinski definition) is 0. The first-order valence-electron chi connectivity index (χ1n) is 32.1. The Balaban J connectivity index is 0.730. The lowest BCUT2D eigenvalue weighted by molar-refractivity contribution is 0.669. The fourth-order valence-corrected chi connectivity index (χ4v) is 15.3. The summed E-state index contributed by atoms with van der Waals surface area (Å²) in [6.07, 6.45) is 0. The van der Waals surface area contributed by atoms with Gasteiger partial charge >= 0.3 is 0 Å². The maximum Gasteiger partial charge on any atom is 0.143 e. The molecule has 0 radical (unpaired) electrons. The molecule has 6 heteroatoms. The summed E-state index contributed by atoms with van der Waals surface area (Å²) in [5.41, 5.74) is 18.8. The Morgan fingerprint density at radius 3 is 1.47 bits per heavy atom. The van der Waals surface area contributed by atoms with Gasteiger partial charge in [-0.3, -0.25) is 0 Å². The van der Waals surface area contributed by atoms with Gasteiger partial charge in [0.05, 0.1) is 38.8 Å². The van der Waals surface area contributed by atoms with Gasteiger partial charge in [0, 0.05) is 82.6 Å². The van der Waals surface area contributed by atoms with Gasteiger partial charge in [-0.1, -0.05) is 194 Å². The first kappa shape index (κ1) is 52.2. The molecule has 438 valence electrons. The fourth-order valence-electron chi connectivity index (χ4n) is 15.3. The summed E-state index contributed by atoms with van der Waals surface area (Å²) in [7, 11) is 0. The molecule has 0 fully saturated rings. The normalized spacial score (nSPS) is 12.0. The third kappa shape index (κ3) is 7.96. The molecule has 0 bridgehead atoms. The van der Waals surface area contributed by atoms with Crippen molar-refractivity contribution < 1.29 is 8.83 Å². The first-order chi connectivity index (χ1) is 46.6. The molecule has 0 amide bonds. The fraction of sp³-hybridized carbons (Fsp3) is 0. The highest BCUT2D eigenvalue weighted by molar-refractivity contribution is 6.22. The van der Waals surface area contributed by atoms with E-state index in [2.05, 4.69) is 347 Å². The second-order valence-electron chi connectivity index (χ2n) is 24.8. The number of furan rings is 2. The van der Waals surface area contributed by atoms with Gasteiger partial charge in [-0.25, -0.2) is 0 Å². The number of anilines is 6. The van der Waals surface area contributed by atoms with Gasteiger partial charge in [-0.05, 0) is 177 Å². The highest BCUT2D eigenvalue weighted by Crippen LogP contribution is 2.49. The van der Waals surface area contributed by atoms with E-state index >= 15 is 0 Å². The van der Waals surface area contributed by atoms with Crippen LogP contribution in [0.3, 0.4) is 0 Å². The Kier molecular flexibility index (Phi) is 11.3. The second kappa shape index (κ2) is 20.4. The van der Waals surface area contributed by atoms with Crippen LogP contribution in [0.4, 0.5) is 34.1 Å². The molecule has 0 aliphatic rings. The Morgan fingerprint density at radius 2 is 0.702 bits per heavy atom. The molecule has 94 heavy (non-hydrogen) atoms. The minimum Gasteiger partial charge on any atom is -0.456 e. The van der Waals surface area contributed by atoms with Crippen molar-refractivity contribution in [2.24, 2.45) is 0 Å². The van der Waals surface area contributed by atoms with E-state index in [0.717, 1.165) is 128 Å². The highest BCUT2D eigenvalue weighted by Gasteiger charge is 2.25. The number of nitrogens with zero attached hydrogens (tertiary/aromatic N) is 4. The molecule has 6 nitrogen and oxygen atoms in total. The summed E-state index contributed by atoms with van der Waals surface area (Å²) in [4.78, 5) is 4.84. The van der Waals surface area contributed by atoms with E-state index < -0.39 is 0 Å². The van der Waals surface area contributed by atoms with Crippen LogP contribution in [0.5, 0.6) is 0 Å². The molecule has 20 aromatic rings. The van der Waals surface area contributed by atoms with E-state index in [9.17, 15) is 0 Å². The molecule has 16 aromatic carbocycles. The zero-order chi connectivity index (χ0) is 61.5. The lowest BCUT2D eigenvalue weighted by atomic mass is 9.98. The van der Waals surface area contributed by atoms with Crippen molar-refractivity contribution in [1.29, 1.82) is 0 Å². The SMILES string of the molecule is c1ccc(-n2c3cc(-c4ccc5c(ccc6c5oc5cccc(N(c7ccc8ccccc8c7)c7ccc8c9ccccc9n(-c9ccccc9)c8c7)c56)c4)ccc3c3ccc(N(c4ccc5oc6ccc7ccccc7c6c5c4)c4cccc5ccccc45)cc32)cc1. The number of para-hydroxylation sites is 3. The Morgan fingerprint density at radius 1 is 0.223 bits per heavy atom. The van der Waals surface area contributed by atoms with Crippen LogP contribution in [0.15, 0.2) is 336 Å². The zero-order valence-corrected chi connectivity index (χ0v) is 50.8. The van der Waals surface area contributed by atoms with E-state index in [1.54, 1.807) is 0 Å². The Labute approximate surface area is 539 Å². The average molecular weight is 1200 g/mol. The molecule has 4 aromatic heterocycles. The number of benzene rings is 16. The molecular weight excluding hydrogens is 1140 g/mol. The maximum atomic E-state index is 7.10. The summed E-state index contributed by atoms with van der Waals surface area (Å²) in [5, 5.41) is 18.4. The molecule has 0 saturated carbocycles. The van der Waals surface area contributed by atoms with Crippen LogP contribution in [0.25, 0.3) is 153 Å². The predicted molar refractivity (Wildman–Crippen MR) is 395 cm³/mol. The lowest BCUT2D eigenvalue weighted by Crippen LogP contribution is -2.10. The summed E-state index contributed by atoms with van der Waals surface area (Å²) < 4.78 is 18.5. The smallest absolute Gasteiger partial charge is 0.143 e. The summed E-state index contributed by atoms with van der Waals surface area (Å²) in [6.45, 7) is 0. The average Bonchev–Trinajstić information content (AvgIpc) is 1.74. The Hall–Kier alpha value is -12.6. The van der Waals surface area contributed by atoms with Crippen molar-refractivity contribution in [1.82, 2.24) is 9.13 Å². The number of hydrogen-bond acceptors (Lipinski definition) is 4. The zero-order valence-electron chi connectivity index (χ0n) is 50.8. The monoisotopic (exact) mass is 1200 g/mol. The molecule has 0 spiro atoms. The molecule has 0 N–H and O–H groups in total. The third-order valence-corrected chi connectivity index (χ3v) is 19.6. The molecule has 4 heterocycles. The Bertz CT molecular complexity index is 6500. The minimum absolute atomic E-state index is 0.832. The number of aromatic nitrogens is 2. The summed E-state index contributed by atoms with van der Waals surface area (Å²) >= 11 is 0. The van der Waals surface area contributed by atoms with E-state index in [-0.39, 0.29) is 0 Å². The molecule has 20 rings (SSSR count). The molecule has 0 aliphatic heterocycles. The first-order valence-corrected chi connectivity index (χ1v) is 32.1. The number of fused-ring (bicyclic) bond motifs is 18. The van der Waals surface area contributed by atoms with E-state index in [1.165, 1.54) is 59.4 Å². The quantitative estimate of drug-likeness (QED) is 0.144. The second-order valence-corrected chi connectivity index (χ2v) is 24.8. The maximum absolute atomic E-state index is 7.10. The van der Waals surface area contributed by atoms with Crippen LogP contribution in [-0.2, 0) is 0 Å². The largest absolute Gasteiger partial charge is 0.456 e. The third-order valence-electron chi connectivity index (χ3n) is 19.6. The van der Waals surface area contributed by atoms with Gasteiger partial charge in [-0.2, -0.15) is 0 Å². The van der Waals surface area contributed by atoms with Gasteiger partial charge < -0.3 is 27.8 Å². The van der Waals surface area contributed by atoms with Gasteiger partial charge in [0.1, 0.15) is 22.3 Å². The van der Waals surface area contributed by atoms with Crippen molar-refractivity contribution in [3.8, 4) is 22.5 Å². The van der Waals surface area contributed by atoms with Crippen LogP contribution in [-0.4, -0.2) is 9.13 Å². The van der Waals surface area contributed by atoms with Crippen LogP contribution in [0, 0.1) is 0 Å². The van der Waals surface area contributed by atoms with Crippen molar-refractivity contribution in [3.05, 3.63) is 328 Å². The molecule has 0 aliphatic carbocycles. The predicted octanol–water partition coefficient (Wildman–Crippen LogP) is 24.9. The highest BCUT2D eigenvalue weighted by atomic mass is 16.3. The summed E-state index contributed by atoms with van der Waals surface area (Å²) in [6, 6.07) is 119. The summed E-state index contributed by atoms with van der Waals surface area (Å²) in [5.74, 6) is 0. The minimum atomic E-state index is 0.832. The van der Waals surface area contributed by atoms with Crippen molar-refractivity contribution in [2.75, 3.05) is 9.80 Å². The molecular formula is C88H54N4O2. The molecule has 0 saturated heterocycles. The van der Waals surface area contributed by atoms with Gasteiger partial charge in [0.2, 0.25) is 0 Å². The lowest BCUT2D eigenvalue weighted by Gasteiger charge is -2.27. The van der Waals surface area contributed by atoms with E-state index in [1.807, 2.05) is 0 Å². The van der Waals surface area contributed by atoms with Gasteiger partial charge in [0.25, 0.3) is 0 Å². The van der Waals surface area contributed by atoms with Crippen molar-refractivity contribution in [3.63, 3.8) is 0 Å². The van der Waals surface area contributed by atoms with Crippen molar-refractivity contribution >= 4 is 165 Å². The van der Waals surface area contributed by atoms with Crippen LogP contribution < -0.4 is 9.80 Å². The molecule has 0 unspecified atom stereocenters. The molecule has 0 atom stereocenters. The van der Waals surface area contributed by atoms with Crippen molar-refractivity contribution in [2.45, 2.75) is 0 Å². The van der Waals surface area contributed by atoms with Crippen LogP contribution >= 0.6 is 0 Å². The van der Waals surface area contributed by atoms with E-state index in [0.29, 0.717) is 0 Å². The van der Waals surface area contributed by atoms with Crippen LogP contribution in [0.1, 0.15) is 0 Å².